The quantitative estimate of drug-likeness (QED) is 0.0892. The fraction of sp³-hybridized carbons (Fsp3) is 1.00. The second kappa shape index (κ2) is 26.6. The van der Waals surface area contributed by atoms with Gasteiger partial charge in [0, 0.05) is 33.3 Å². The zero-order valence-corrected chi connectivity index (χ0v) is 23.7. The minimum absolute atomic E-state index is 0.845. The third-order valence-electron chi connectivity index (χ3n) is 5.76. The summed E-state index contributed by atoms with van der Waals surface area (Å²) in [5, 5.41) is 0. The molecular formula is C25H56ClNO3Si. The monoisotopic (exact) mass is 481 g/mol. The van der Waals surface area contributed by atoms with Crippen LogP contribution < -0.4 is 0 Å². The largest absolute Gasteiger partial charge is 0.500 e. The van der Waals surface area contributed by atoms with Crippen LogP contribution in [0.1, 0.15) is 110 Å². The zero-order valence-electron chi connectivity index (χ0n) is 22.0. The first-order chi connectivity index (χ1) is 15.0. The Hall–Kier alpha value is 0.347. The zero-order chi connectivity index (χ0) is 23.6. The van der Waals surface area contributed by atoms with Gasteiger partial charge in [0.25, 0.3) is 0 Å². The molecule has 0 fully saturated rings. The average Bonchev–Trinajstić information content (AvgIpc) is 2.77. The normalized spacial score (nSPS) is 11.6. The van der Waals surface area contributed by atoms with Crippen LogP contribution in [0.2, 0.25) is 6.04 Å². The van der Waals surface area contributed by atoms with Crippen molar-refractivity contribution in [2.45, 2.75) is 116 Å². The van der Waals surface area contributed by atoms with Crippen molar-refractivity contribution in [3.8, 4) is 0 Å². The summed E-state index contributed by atoms with van der Waals surface area (Å²) in [6, 6.07) is 0.870. The van der Waals surface area contributed by atoms with Crippen LogP contribution in [0.3, 0.4) is 0 Å². The van der Waals surface area contributed by atoms with E-state index in [1.54, 1.807) is 21.3 Å². The second-order valence-electron chi connectivity index (χ2n) is 8.84. The predicted molar refractivity (Wildman–Crippen MR) is 140 cm³/mol. The molecule has 0 bridgehead atoms. The molecule has 0 aliphatic carbocycles. The highest BCUT2D eigenvalue weighted by Crippen LogP contribution is 2.15. The molecule has 0 amide bonds. The molecule has 0 aromatic heterocycles. The highest BCUT2D eigenvalue weighted by molar-refractivity contribution is 6.60. The fourth-order valence-electron chi connectivity index (χ4n) is 3.63. The Morgan fingerprint density at radius 3 is 1.23 bits per heavy atom. The van der Waals surface area contributed by atoms with Crippen molar-refractivity contribution in [1.82, 2.24) is 4.90 Å². The lowest BCUT2D eigenvalue weighted by molar-refractivity contribution is 0.122. The highest BCUT2D eigenvalue weighted by Gasteiger charge is 2.36. The summed E-state index contributed by atoms with van der Waals surface area (Å²) in [6.45, 7) is 3.32. The Kier molecular flexibility index (Phi) is 28.8. The van der Waals surface area contributed by atoms with Crippen LogP contribution in [0.5, 0.6) is 0 Å². The number of hydrogen-bond acceptors (Lipinski definition) is 4. The first-order valence-electron chi connectivity index (χ1n) is 12.9. The molecule has 0 N–H and O–H groups in total. The maximum Gasteiger partial charge on any atom is 0.500 e. The van der Waals surface area contributed by atoms with Crippen molar-refractivity contribution >= 4 is 20.4 Å². The molecule has 0 aromatic rings. The Morgan fingerprint density at radius 2 is 0.935 bits per heavy atom. The molecule has 0 spiro atoms. The van der Waals surface area contributed by atoms with E-state index in [9.17, 15) is 0 Å². The van der Waals surface area contributed by atoms with Gasteiger partial charge in [-0.25, -0.2) is 0 Å². The van der Waals surface area contributed by atoms with Gasteiger partial charge in [-0.3, -0.25) is 0 Å². The SMILES string of the molecule is CCCCCCCCCCCCCCCCCCl.CO[Si](CCCN(C)C)(OC)OC. The molecule has 0 aliphatic rings. The van der Waals surface area contributed by atoms with Gasteiger partial charge in [0.2, 0.25) is 0 Å². The van der Waals surface area contributed by atoms with Crippen molar-refractivity contribution in [3.63, 3.8) is 0 Å². The van der Waals surface area contributed by atoms with Crippen molar-refractivity contribution in [2.24, 2.45) is 0 Å². The van der Waals surface area contributed by atoms with Gasteiger partial charge in [0.05, 0.1) is 0 Å². The summed E-state index contributed by atoms with van der Waals surface area (Å²) >= 11 is 5.65. The van der Waals surface area contributed by atoms with Gasteiger partial charge in [0.15, 0.2) is 0 Å². The molecular weight excluding hydrogens is 426 g/mol. The van der Waals surface area contributed by atoms with Crippen LogP contribution >= 0.6 is 11.6 Å². The van der Waals surface area contributed by atoms with E-state index in [1.165, 1.54) is 96.3 Å². The van der Waals surface area contributed by atoms with Gasteiger partial charge < -0.3 is 18.2 Å². The maximum absolute atomic E-state index is 5.65. The van der Waals surface area contributed by atoms with Crippen LogP contribution in [-0.4, -0.2) is 61.6 Å². The Morgan fingerprint density at radius 1 is 0.581 bits per heavy atom. The minimum atomic E-state index is -2.31. The van der Waals surface area contributed by atoms with Crippen LogP contribution in [0, 0.1) is 0 Å². The molecule has 190 valence electrons. The molecule has 0 saturated carbocycles. The lowest BCUT2D eigenvalue weighted by Crippen LogP contribution is -2.43. The summed E-state index contributed by atoms with van der Waals surface area (Å²) < 4.78 is 15.9. The molecule has 4 nitrogen and oxygen atoms in total. The second-order valence-corrected chi connectivity index (χ2v) is 12.3. The smallest absolute Gasteiger partial charge is 0.377 e. The summed E-state index contributed by atoms with van der Waals surface area (Å²) in [6.07, 6.45) is 22.4. The van der Waals surface area contributed by atoms with E-state index < -0.39 is 8.80 Å². The van der Waals surface area contributed by atoms with Crippen molar-refractivity contribution < 1.29 is 13.3 Å². The van der Waals surface area contributed by atoms with Gasteiger partial charge in [-0.05, 0) is 33.5 Å². The van der Waals surface area contributed by atoms with Gasteiger partial charge in [-0.1, -0.05) is 96.8 Å². The minimum Gasteiger partial charge on any atom is -0.377 e. The van der Waals surface area contributed by atoms with Crippen molar-refractivity contribution in [1.29, 1.82) is 0 Å². The summed E-state index contributed by atoms with van der Waals surface area (Å²) in [5.74, 6) is 0.845. The van der Waals surface area contributed by atoms with E-state index in [4.69, 9.17) is 24.9 Å². The van der Waals surface area contributed by atoms with Gasteiger partial charge in [-0.2, -0.15) is 0 Å². The molecule has 0 heterocycles. The maximum atomic E-state index is 5.65. The van der Waals surface area contributed by atoms with Gasteiger partial charge in [-0.15, -0.1) is 11.6 Å². The van der Waals surface area contributed by atoms with Crippen molar-refractivity contribution in [2.75, 3.05) is 47.8 Å². The van der Waals surface area contributed by atoms with Crippen LogP contribution in [0.15, 0.2) is 0 Å². The topological polar surface area (TPSA) is 30.9 Å². The number of alkyl halides is 1. The van der Waals surface area contributed by atoms with E-state index in [1.807, 2.05) is 0 Å². The van der Waals surface area contributed by atoms with Gasteiger partial charge in [0.1, 0.15) is 0 Å². The lowest BCUT2D eigenvalue weighted by Gasteiger charge is -2.24. The Bertz CT molecular complexity index is 308. The number of unbranched alkanes of at least 4 members (excludes halogenated alkanes) is 14. The molecule has 6 heteroatoms. The number of rotatable bonds is 22. The molecule has 0 unspecified atom stereocenters. The third kappa shape index (κ3) is 24.8. The van der Waals surface area contributed by atoms with Crippen LogP contribution in [0.4, 0.5) is 0 Å². The number of nitrogens with zero attached hydrogens (tertiary/aromatic N) is 1. The Labute approximate surface area is 202 Å². The first kappa shape index (κ1) is 33.5. The molecule has 0 aliphatic heterocycles. The van der Waals surface area contributed by atoms with E-state index in [2.05, 4.69) is 25.9 Å². The van der Waals surface area contributed by atoms with E-state index in [0.717, 1.165) is 24.9 Å². The summed E-state index contributed by atoms with van der Waals surface area (Å²) in [7, 11) is 6.73. The van der Waals surface area contributed by atoms with E-state index in [0.29, 0.717) is 0 Å². The van der Waals surface area contributed by atoms with Crippen LogP contribution in [0.25, 0.3) is 0 Å². The van der Waals surface area contributed by atoms with Crippen LogP contribution in [-0.2, 0) is 13.3 Å². The fourth-order valence-corrected chi connectivity index (χ4v) is 5.53. The molecule has 0 rings (SSSR count). The molecule has 0 aromatic carbocycles. The molecule has 31 heavy (non-hydrogen) atoms. The average molecular weight is 482 g/mol. The number of hydrogen-bond donors (Lipinski definition) is 0. The van der Waals surface area contributed by atoms with Gasteiger partial charge >= 0.3 is 8.80 Å². The van der Waals surface area contributed by atoms with E-state index in [-0.39, 0.29) is 0 Å². The summed E-state index contributed by atoms with van der Waals surface area (Å²) in [5.41, 5.74) is 0. The third-order valence-corrected chi connectivity index (χ3v) is 8.86. The molecule has 0 atom stereocenters. The Balaban J connectivity index is 0. The molecule has 0 saturated heterocycles. The van der Waals surface area contributed by atoms with Crippen molar-refractivity contribution in [3.05, 3.63) is 0 Å². The predicted octanol–water partition coefficient (Wildman–Crippen LogP) is 7.91. The lowest BCUT2D eigenvalue weighted by atomic mass is 10.0. The first-order valence-corrected chi connectivity index (χ1v) is 15.3. The molecule has 0 radical (unpaired) electrons. The summed E-state index contributed by atoms with van der Waals surface area (Å²) in [4.78, 5) is 2.14. The number of halogens is 1. The standard InChI is InChI=1S/C17H35Cl.C8H21NO3Si/c1-2-3-4-5-6-7-8-9-10-11-12-13-14-15-16-17-18;1-9(2)7-6-8-13(10-3,11-4)12-5/h2-17H2,1H3;6-8H2,1-5H3. The van der Waals surface area contributed by atoms with E-state index >= 15 is 0 Å². The highest BCUT2D eigenvalue weighted by atomic mass is 35.5.